The van der Waals surface area contributed by atoms with Gasteiger partial charge < -0.3 is 34.5 Å². The van der Waals surface area contributed by atoms with Gasteiger partial charge in [0, 0.05) is 12.0 Å². The van der Waals surface area contributed by atoms with Gasteiger partial charge in [0.15, 0.2) is 11.8 Å². The third kappa shape index (κ3) is 4.59. The van der Waals surface area contributed by atoms with Crippen LogP contribution < -0.4 is 4.74 Å². The van der Waals surface area contributed by atoms with E-state index in [-0.39, 0.29) is 25.6 Å². The fourth-order valence-corrected chi connectivity index (χ4v) is 5.32. The van der Waals surface area contributed by atoms with Crippen molar-refractivity contribution in [1.82, 2.24) is 15.0 Å². The van der Waals surface area contributed by atoms with E-state index in [0.29, 0.717) is 21.9 Å². The van der Waals surface area contributed by atoms with Crippen LogP contribution in [0.2, 0.25) is 5.02 Å². The molecule has 6 rings (SSSR count). The molecule has 192 valence electrons. The van der Waals surface area contributed by atoms with E-state index in [4.69, 9.17) is 30.9 Å². The molecule has 0 radical (unpaired) electrons. The van der Waals surface area contributed by atoms with Crippen LogP contribution in [-0.4, -0.2) is 80.1 Å². The number of aliphatic hydroxyl groups is 3. The van der Waals surface area contributed by atoms with Crippen molar-refractivity contribution in [3.63, 3.8) is 0 Å². The van der Waals surface area contributed by atoms with Gasteiger partial charge in [-0.05, 0) is 17.2 Å². The van der Waals surface area contributed by atoms with E-state index in [1.807, 2.05) is 42.5 Å². The van der Waals surface area contributed by atoms with Gasteiger partial charge >= 0.3 is 0 Å². The molecular weight excluding hydrogens is 498 g/mol. The Bertz CT molecular complexity index is 1400. The number of aromatic amines is 1. The number of H-pyrrole nitrogens is 1. The lowest BCUT2D eigenvalue weighted by Crippen LogP contribution is -2.47. The predicted octanol–water partition coefficient (Wildman–Crippen LogP) is 2.96. The standard InChI is InChI=1S/C27H26ClN3O6/c28-19-10-20-25(30-22(19)17-8-6-16(7-9-17)15-4-2-1-3-5-15)31-26(29-20)37-21-13-35-24-23(21)36-14-27(24,34)11-18(33)12-32/h1-10,18,21,23-24,32-34H,11-14H2,(H,29,30,31)/t18?,21-,23-,24+,27-/m1/s1. The Hall–Kier alpha value is -3.05. The van der Waals surface area contributed by atoms with Crippen LogP contribution in [0.15, 0.2) is 60.7 Å². The van der Waals surface area contributed by atoms with Gasteiger partial charge in [-0.3, -0.25) is 0 Å². The SMILES string of the molecule is OCC(O)C[C@@]1(O)CO[C@@H]2[C@H](Oc3nc4nc(-c5ccc(-c6ccccc6)cc5)c(Cl)cc4[nH]3)CO[C@@H]21. The molecule has 0 aliphatic carbocycles. The summed E-state index contributed by atoms with van der Waals surface area (Å²) < 4.78 is 17.6. The molecule has 0 bridgehead atoms. The van der Waals surface area contributed by atoms with E-state index in [2.05, 4.69) is 27.1 Å². The van der Waals surface area contributed by atoms with Crippen LogP contribution in [0.3, 0.4) is 0 Å². The summed E-state index contributed by atoms with van der Waals surface area (Å²) >= 11 is 6.57. The molecule has 0 amide bonds. The van der Waals surface area contributed by atoms with Crippen LogP contribution in [0.1, 0.15) is 6.42 Å². The maximum absolute atomic E-state index is 10.9. The average Bonchev–Trinajstić information content (AvgIpc) is 3.59. The molecule has 10 heteroatoms. The third-order valence-electron chi connectivity index (χ3n) is 6.89. The second kappa shape index (κ2) is 9.68. The Labute approximate surface area is 217 Å². The second-order valence-electron chi connectivity index (χ2n) is 9.51. The number of hydrogen-bond acceptors (Lipinski definition) is 8. The summed E-state index contributed by atoms with van der Waals surface area (Å²) in [7, 11) is 0. The van der Waals surface area contributed by atoms with Gasteiger partial charge in [-0.2, -0.15) is 4.98 Å². The van der Waals surface area contributed by atoms with Crippen LogP contribution in [0.25, 0.3) is 33.5 Å². The molecule has 2 saturated heterocycles. The summed E-state index contributed by atoms with van der Waals surface area (Å²) in [4.78, 5) is 12.2. The summed E-state index contributed by atoms with van der Waals surface area (Å²) in [5, 5.41) is 30.3. The Morgan fingerprint density at radius 1 is 1.05 bits per heavy atom. The molecular formula is C27H26ClN3O6. The van der Waals surface area contributed by atoms with Crippen molar-refractivity contribution in [2.24, 2.45) is 0 Å². The molecule has 4 aromatic rings. The van der Waals surface area contributed by atoms with Gasteiger partial charge in [-0.25, -0.2) is 4.98 Å². The Balaban J connectivity index is 1.20. The molecule has 1 unspecified atom stereocenters. The number of nitrogens with zero attached hydrogens (tertiary/aromatic N) is 2. The molecule has 0 spiro atoms. The van der Waals surface area contributed by atoms with E-state index >= 15 is 0 Å². The van der Waals surface area contributed by atoms with E-state index in [0.717, 1.165) is 16.7 Å². The van der Waals surface area contributed by atoms with Crippen molar-refractivity contribution in [2.45, 2.75) is 36.4 Å². The van der Waals surface area contributed by atoms with E-state index in [9.17, 15) is 10.2 Å². The number of aromatic nitrogens is 3. The smallest absolute Gasteiger partial charge is 0.296 e. The lowest BCUT2D eigenvalue weighted by molar-refractivity contribution is -0.0964. The first kappa shape index (κ1) is 24.3. The van der Waals surface area contributed by atoms with Gasteiger partial charge in [-0.15, -0.1) is 0 Å². The lowest BCUT2D eigenvalue weighted by atomic mass is 9.90. The first-order chi connectivity index (χ1) is 17.9. The molecule has 4 N–H and O–H groups in total. The number of imidazole rings is 1. The minimum Gasteiger partial charge on any atom is -0.456 e. The minimum absolute atomic E-state index is 0.0248. The third-order valence-corrected chi connectivity index (χ3v) is 7.18. The van der Waals surface area contributed by atoms with Crippen molar-refractivity contribution in [2.75, 3.05) is 19.8 Å². The van der Waals surface area contributed by atoms with Gasteiger partial charge in [0.25, 0.3) is 6.01 Å². The number of ether oxygens (including phenoxy) is 3. The van der Waals surface area contributed by atoms with Crippen molar-refractivity contribution in [3.05, 3.63) is 65.7 Å². The first-order valence-electron chi connectivity index (χ1n) is 12.1. The number of rotatable bonds is 7. The summed E-state index contributed by atoms with van der Waals surface area (Å²) in [6, 6.07) is 20.1. The Morgan fingerprint density at radius 3 is 2.54 bits per heavy atom. The van der Waals surface area contributed by atoms with Gasteiger partial charge in [-0.1, -0.05) is 66.2 Å². The monoisotopic (exact) mass is 523 g/mol. The summed E-state index contributed by atoms with van der Waals surface area (Å²) in [5.74, 6) is 0. The normalized spacial score (nSPS) is 25.9. The van der Waals surface area contributed by atoms with E-state index in [1.165, 1.54) is 0 Å². The maximum Gasteiger partial charge on any atom is 0.296 e. The molecule has 0 saturated carbocycles. The van der Waals surface area contributed by atoms with Gasteiger partial charge in [0.2, 0.25) is 0 Å². The fourth-order valence-electron chi connectivity index (χ4n) is 5.06. The number of nitrogens with one attached hydrogen (secondary N) is 1. The zero-order chi connectivity index (χ0) is 25.6. The number of halogens is 1. The Kier molecular flexibility index (Phi) is 6.36. The lowest BCUT2D eigenvalue weighted by Gasteiger charge is -2.28. The maximum atomic E-state index is 10.9. The fraction of sp³-hybridized carbons (Fsp3) is 0.333. The van der Waals surface area contributed by atoms with Crippen LogP contribution in [0.4, 0.5) is 0 Å². The van der Waals surface area contributed by atoms with E-state index < -0.39 is 36.6 Å². The second-order valence-corrected chi connectivity index (χ2v) is 9.91. The molecule has 4 heterocycles. The summed E-state index contributed by atoms with van der Waals surface area (Å²) in [6.07, 6.45) is -2.86. The average molecular weight is 524 g/mol. The molecule has 2 aromatic heterocycles. The van der Waals surface area contributed by atoms with Crippen LogP contribution in [-0.2, 0) is 9.47 Å². The first-order valence-corrected chi connectivity index (χ1v) is 12.4. The highest BCUT2D eigenvalue weighted by Crippen LogP contribution is 2.38. The van der Waals surface area contributed by atoms with Crippen molar-refractivity contribution in [3.8, 4) is 28.4 Å². The zero-order valence-corrected chi connectivity index (χ0v) is 20.5. The summed E-state index contributed by atoms with van der Waals surface area (Å²) in [5.41, 5.74) is 3.38. The quantitative estimate of drug-likeness (QED) is 0.291. The van der Waals surface area contributed by atoms with Crippen LogP contribution >= 0.6 is 11.6 Å². The highest BCUT2D eigenvalue weighted by molar-refractivity contribution is 6.33. The van der Waals surface area contributed by atoms with Crippen molar-refractivity contribution >= 4 is 22.8 Å². The molecule has 2 aliphatic rings. The summed E-state index contributed by atoms with van der Waals surface area (Å²) in [6.45, 7) is -0.298. The van der Waals surface area contributed by atoms with Crippen LogP contribution in [0, 0.1) is 0 Å². The predicted molar refractivity (Wildman–Crippen MR) is 136 cm³/mol. The Morgan fingerprint density at radius 2 is 1.78 bits per heavy atom. The van der Waals surface area contributed by atoms with E-state index in [1.54, 1.807) is 6.07 Å². The number of benzene rings is 2. The van der Waals surface area contributed by atoms with Gasteiger partial charge in [0.1, 0.15) is 17.8 Å². The molecule has 2 fully saturated rings. The highest BCUT2D eigenvalue weighted by Gasteiger charge is 2.57. The molecule has 2 aromatic carbocycles. The van der Waals surface area contributed by atoms with Gasteiger partial charge in [0.05, 0.1) is 42.2 Å². The largest absolute Gasteiger partial charge is 0.456 e. The molecule has 2 aliphatic heterocycles. The highest BCUT2D eigenvalue weighted by atomic mass is 35.5. The number of pyridine rings is 1. The van der Waals surface area contributed by atoms with Crippen molar-refractivity contribution in [1.29, 1.82) is 0 Å². The number of aliphatic hydroxyl groups excluding tert-OH is 2. The molecule has 9 nitrogen and oxygen atoms in total. The molecule has 37 heavy (non-hydrogen) atoms. The number of fused-ring (bicyclic) bond motifs is 2. The topological polar surface area (TPSA) is 130 Å². The molecule has 5 atom stereocenters. The van der Waals surface area contributed by atoms with Crippen molar-refractivity contribution < 1.29 is 29.5 Å². The number of hydrogen-bond donors (Lipinski definition) is 4. The minimum atomic E-state index is -1.40. The van der Waals surface area contributed by atoms with Crippen LogP contribution in [0.5, 0.6) is 6.01 Å². The zero-order valence-electron chi connectivity index (χ0n) is 19.8.